The van der Waals surface area contributed by atoms with Crippen molar-refractivity contribution in [3.63, 3.8) is 0 Å². The first-order chi connectivity index (χ1) is 8.50. The Morgan fingerprint density at radius 1 is 1.28 bits per heavy atom. The largest absolute Gasteiger partial charge is 0.481 e. The molecule has 96 valence electrons. The first-order valence-electron chi connectivity index (χ1n) is 6.08. The summed E-state index contributed by atoms with van der Waals surface area (Å²) in [6.07, 6.45) is 0. The van der Waals surface area contributed by atoms with Crippen LogP contribution in [0, 0.1) is 18.8 Å². The molecule has 1 aliphatic heterocycles. The molecule has 0 radical (unpaired) electrons. The van der Waals surface area contributed by atoms with Gasteiger partial charge >= 0.3 is 5.97 Å². The van der Waals surface area contributed by atoms with E-state index in [2.05, 4.69) is 0 Å². The maximum atomic E-state index is 12.3. The van der Waals surface area contributed by atoms with E-state index in [1.165, 1.54) is 0 Å². The second-order valence-corrected chi connectivity index (χ2v) is 4.95. The zero-order chi connectivity index (χ0) is 13.3. The summed E-state index contributed by atoms with van der Waals surface area (Å²) < 4.78 is 0. The predicted octanol–water partition coefficient (Wildman–Crippen LogP) is 1.79. The number of carbonyl (C=O) groups is 2. The van der Waals surface area contributed by atoms with Crippen LogP contribution in [0.15, 0.2) is 24.3 Å². The quantitative estimate of drug-likeness (QED) is 0.866. The molecular formula is C14H17NO3. The molecule has 0 unspecified atom stereocenters. The van der Waals surface area contributed by atoms with Crippen LogP contribution < -0.4 is 0 Å². The number of hydrogen-bond acceptors (Lipinski definition) is 2. The van der Waals surface area contributed by atoms with Crippen molar-refractivity contribution < 1.29 is 14.7 Å². The molecule has 4 heteroatoms. The predicted molar refractivity (Wildman–Crippen MR) is 67.4 cm³/mol. The molecule has 4 nitrogen and oxygen atoms in total. The number of benzene rings is 1. The molecule has 0 bridgehead atoms. The second-order valence-electron chi connectivity index (χ2n) is 4.95. The van der Waals surface area contributed by atoms with Crippen molar-refractivity contribution in [1.29, 1.82) is 0 Å². The molecular weight excluding hydrogens is 230 g/mol. The zero-order valence-electron chi connectivity index (χ0n) is 10.6. The number of aryl methyl sites for hydroxylation is 1. The highest BCUT2D eigenvalue weighted by atomic mass is 16.4. The maximum Gasteiger partial charge on any atom is 0.308 e. The molecule has 1 aliphatic rings. The second kappa shape index (κ2) is 4.80. The molecule has 1 fully saturated rings. The minimum atomic E-state index is -0.817. The van der Waals surface area contributed by atoms with Crippen LogP contribution >= 0.6 is 0 Å². The van der Waals surface area contributed by atoms with Gasteiger partial charge in [-0.2, -0.15) is 0 Å². The van der Waals surface area contributed by atoms with Gasteiger partial charge in [-0.05, 0) is 24.5 Å². The lowest BCUT2D eigenvalue weighted by Gasteiger charge is -2.17. The molecule has 0 saturated carbocycles. The number of rotatable bonds is 2. The van der Waals surface area contributed by atoms with Crippen molar-refractivity contribution in [2.24, 2.45) is 11.8 Å². The first kappa shape index (κ1) is 12.6. The van der Waals surface area contributed by atoms with Crippen molar-refractivity contribution in [1.82, 2.24) is 4.90 Å². The molecule has 1 aromatic carbocycles. The molecule has 2 rings (SSSR count). The van der Waals surface area contributed by atoms with Gasteiger partial charge in [0, 0.05) is 18.7 Å². The number of carboxylic acid groups (broad SMARTS) is 1. The van der Waals surface area contributed by atoms with Crippen LogP contribution in [-0.4, -0.2) is 35.0 Å². The Hall–Kier alpha value is -1.84. The van der Waals surface area contributed by atoms with E-state index < -0.39 is 11.9 Å². The van der Waals surface area contributed by atoms with E-state index in [4.69, 9.17) is 5.11 Å². The highest BCUT2D eigenvalue weighted by Gasteiger charge is 2.37. The summed E-state index contributed by atoms with van der Waals surface area (Å²) in [5.41, 5.74) is 1.59. The van der Waals surface area contributed by atoms with Crippen LogP contribution in [0.25, 0.3) is 0 Å². The van der Waals surface area contributed by atoms with E-state index >= 15 is 0 Å². The molecule has 1 heterocycles. The van der Waals surface area contributed by atoms with E-state index in [-0.39, 0.29) is 11.8 Å². The van der Waals surface area contributed by atoms with Gasteiger partial charge in [-0.15, -0.1) is 0 Å². The molecule has 18 heavy (non-hydrogen) atoms. The third-order valence-corrected chi connectivity index (χ3v) is 3.59. The van der Waals surface area contributed by atoms with E-state index in [1.54, 1.807) is 11.0 Å². The van der Waals surface area contributed by atoms with Gasteiger partial charge in [0.15, 0.2) is 0 Å². The molecule has 1 N–H and O–H groups in total. The van der Waals surface area contributed by atoms with E-state index in [0.717, 1.165) is 5.56 Å². The molecule has 0 aliphatic carbocycles. The van der Waals surface area contributed by atoms with Crippen LogP contribution in [0.5, 0.6) is 0 Å². The number of aliphatic carboxylic acids is 1. The van der Waals surface area contributed by atoms with Crippen LogP contribution in [0.2, 0.25) is 0 Å². The SMILES string of the molecule is Cc1ccccc1C(=O)N1C[C@@H](C)[C@H](C(=O)O)C1. The number of hydrogen-bond donors (Lipinski definition) is 1. The van der Waals surface area contributed by atoms with Crippen LogP contribution in [0.4, 0.5) is 0 Å². The van der Waals surface area contributed by atoms with Crippen LogP contribution in [0.3, 0.4) is 0 Å². The van der Waals surface area contributed by atoms with Crippen molar-refractivity contribution in [2.75, 3.05) is 13.1 Å². The number of carboxylic acids is 1. The summed E-state index contributed by atoms with van der Waals surface area (Å²) >= 11 is 0. The Kier molecular flexibility index (Phi) is 3.36. The Labute approximate surface area is 106 Å². The van der Waals surface area contributed by atoms with E-state index in [9.17, 15) is 9.59 Å². The smallest absolute Gasteiger partial charge is 0.308 e. The standard InChI is InChI=1S/C14H17NO3/c1-9-5-3-4-6-11(9)13(16)15-7-10(2)12(8-15)14(17)18/h3-6,10,12H,7-8H2,1-2H3,(H,17,18)/t10-,12-/m1/s1. The summed E-state index contributed by atoms with van der Waals surface area (Å²) in [6, 6.07) is 7.39. The third-order valence-electron chi connectivity index (χ3n) is 3.59. The lowest BCUT2D eigenvalue weighted by molar-refractivity contribution is -0.142. The molecule has 2 atom stereocenters. The Morgan fingerprint density at radius 2 is 1.94 bits per heavy atom. The lowest BCUT2D eigenvalue weighted by atomic mass is 9.99. The van der Waals surface area contributed by atoms with Gasteiger partial charge in [0.05, 0.1) is 5.92 Å². The average molecular weight is 247 g/mol. The van der Waals surface area contributed by atoms with Gasteiger partial charge < -0.3 is 10.0 Å². The summed E-state index contributed by atoms with van der Waals surface area (Å²) in [4.78, 5) is 25.0. The van der Waals surface area contributed by atoms with Crippen molar-refractivity contribution in [3.8, 4) is 0 Å². The molecule has 1 amide bonds. The van der Waals surface area contributed by atoms with E-state index in [1.807, 2.05) is 32.0 Å². The van der Waals surface area contributed by atoms with Gasteiger partial charge in [-0.3, -0.25) is 9.59 Å². The van der Waals surface area contributed by atoms with Crippen molar-refractivity contribution in [3.05, 3.63) is 35.4 Å². The molecule has 0 spiro atoms. The van der Waals surface area contributed by atoms with Gasteiger partial charge in [-0.25, -0.2) is 0 Å². The van der Waals surface area contributed by atoms with Crippen LogP contribution in [-0.2, 0) is 4.79 Å². The fourth-order valence-corrected chi connectivity index (χ4v) is 2.44. The normalized spacial score (nSPS) is 23.1. The van der Waals surface area contributed by atoms with Crippen molar-refractivity contribution in [2.45, 2.75) is 13.8 Å². The fourth-order valence-electron chi connectivity index (χ4n) is 2.44. The fraction of sp³-hybridized carbons (Fsp3) is 0.429. The summed E-state index contributed by atoms with van der Waals surface area (Å²) in [5, 5.41) is 9.07. The summed E-state index contributed by atoms with van der Waals surface area (Å²) in [6.45, 7) is 4.60. The van der Waals surface area contributed by atoms with Crippen molar-refractivity contribution >= 4 is 11.9 Å². The Bertz CT molecular complexity index is 484. The molecule has 0 aromatic heterocycles. The monoisotopic (exact) mass is 247 g/mol. The number of likely N-dealkylation sites (tertiary alicyclic amines) is 1. The highest BCUT2D eigenvalue weighted by molar-refractivity contribution is 5.96. The molecule has 1 saturated heterocycles. The first-order valence-corrected chi connectivity index (χ1v) is 6.08. The Balaban J connectivity index is 2.17. The van der Waals surface area contributed by atoms with Gasteiger partial charge in [0.25, 0.3) is 5.91 Å². The maximum absolute atomic E-state index is 12.3. The minimum Gasteiger partial charge on any atom is -0.481 e. The third kappa shape index (κ3) is 2.23. The molecule has 1 aromatic rings. The number of carbonyl (C=O) groups excluding carboxylic acids is 1. The van der Waals surface area contributed by atoms with Gasteiger partial charge in [0.1, 0.15) is 0 Å². The summed E-state index contributed by atoms with van der Waals surface area (Å²) in [5.74, 6) is -1.32. The zero-order valence-corrected chi connectivity index (χ0v) is 10.6. The number of amides is 1. The van der Waals surface area contributed by atoms with E-state index in [0.29, 0.717) is 18.7 Å². The highest BCUT2D eigenvalue weighted by Crippen LogP contribution is 2.25. The topological polar surface area (TPSA) is 57.6 Å². The van der Waals surface area contributed by atoms with Gasteiger partial charge in [0.2, 0.25) is 0 Å². The lowest BCUT2D eigenvalue weighted by Crippen LogP contribution is -2.30. The average Bonchev–Trinajstić information content (AvgIpc) is 2.71. The number of nitrogens with zero attached hydrogens (tertiary/aromatic N) is 1. The Morgan fingerprint density at radius 3 is 2.50 bits per heavy atom. The summed E-state index contributed by atoms with van der Waals surface area (Å²) in [7, 11) is 0. The van der Waals surface area contributed by atoms with Crippen LogP contribution in [0.1, 0.15) is 22.8 Å². The minimum absolute atomic E-state index is 0.00969. The van der Waals surface area contributed by atoms with Gasteiger partial charge in [-0.1, -0.05) is 25.1 Å².